The van der Waals surface area contributed by atoms with Gasteiger partial charge in [-0.2, -0.15) is 0 Å². The number of aryl methyl sites for hydroxylation is 1. The average Bonchev–Trinajstić information content (AvgIpc) is 2.60. The van der Waals surface area contributed by atoms with E-state index in [0.717, 1.165) is 5.56 Å². The maximum Gasteiger partial charge on any atom is 0.238 e. The van der Waals surface area contributed by atoms with E-state index in [1.54, 1.807) is 57.2 Å². The summed E-state index contributed by atoms with van der Waals surface area (Å²) in [7, 11) is -6.98. The molecule has 0 saturated heterocycles. The molecular weight excluding hydrogens is 410 g/mol. The van der Waals surface area contributed by atoms with E-state index in [9.17, 15) is 21.6 Å². The highest BCUT2D eigenvalue weighted by Gasteiger charge is 2.28. The van der Waals surface area contributed by atoms with E-state index >= 15 is 0 Å². The van der Waals surface area contributed by atoms with Gasteiger partial charge < -0.3 is 0 Å². The number of ketones is 1. The molecule has 2 N–H and O–H groups in total. The first kappa shape index (κ1) is 23.3. The molecule has 0 unspecified atom stereocenters. The molecule has 0 aliphatic carbocycles. The van der Waals surface area contributed by atoms with Crippen molar-refractivity contribution in [1.29, 1.82) is 0 Å². The van der Waals surface area contributed by atoms with Crippen LogP contribution in [0.4, 0.5) is 0 Å². The molecule has 0 aliphatic heterocycles. The van der Waals surface area contributed by atoms with Crippen molar-refractivity contribution in [3.8, 4) is 0 Å². The fourth-order valence-electron chi connectivity index (χ4n) is 2.67. The van der Waals surface area contributed by atoms with Crippen molar-refractivity contribution in [3.63, 3.8) is 0 Å². The molecule has 0 bridgehead atoms. The van der Waals surface area contributed by atoms with Crippen molar-refractivity contribution in [3.05, 3.63) is 65.2 Å². The molecule has 0 aliphatic rings. The summed E-state index contributed by atoms with van der Waals surface area (Å²) < 4.78 is 46.3. The molecule has 158 valence electrons. The van der Waals surface area contributed by atoms with Gasteiger partial charge in [-0.05, 0) is 56.9 Å². The number of carbonyl (C=O) groups is 1. The second-order valence-electron chi connectivity index (χ2n) is 8.03. The molecule has 0 aromatic heterocycles. The lowest BCUT2D eigenvalue weighted by molar-refractivity contribution is 0.0980. The Bertz CT molecular complexity index is 1060. The monoisotopic (exact) mass is 437 g/mol. The van der Waals surface area contributed by atoms with Gasteiger partial charge in [-0.3, -0.25) is 4.79 Å². The van der Waals surface area contributed by atoms with E-state index in [0.29, 0.717) is 30.4 Å². The van der Waals surface area contributed by atoms with E-state index < -0.39 is 24.6 Å². The number of sulfone groups is 1. The number of primary sulfonamides is 1. The molecule has 0 fully saturated rings. The third-order valence-electron chi connectivity index (χ3n) is 4.69. The number of hydrogen-bond acceptors (Lipinski definition) is 5. The molecule has 2 rings (SSSR count). The molecule has 2 aromatic rings. The largest absolute Gasteiger partial charge is 0.294 e. The first-order valence-corrected chi connectivity index (χ1v) is 12.5. The summed E-state index contributed by atoms with van der Waals surface area (Å²) in [5.41, 5.74) is 2.13. The molecule has 2 aromatic carbocycles. The minimum absolute atomic E-state index is 0.0172. The average molecular weight is 438 g/mol. The molecule has 0 saturated carbocycles. The van der Waals surface area contributed by atoms with Crippen LogP contribution in [-0.2, 0) is 32.0 Å². The van der Waals surface area contributed by atoms with Gasteiger partial charge in [0.25, 0.3) is 0 Å². The van der Waals surface area contributed by atoms with Gasteiger partial charge in [0.2, 0.25) is 10.0 Å². The molecule has 0 spiro atoms. The fourth-order valence-corrected chi connectivity index (χ4v) is 4.25. The minimum Gasteiger partial charge on any atom is -0.294 e. The van der Waals surface area contributed by atoms with Crippen LogP contribution in [0.2, 0.25) is 0 Å². The Morgan fingerprint density at radius 1 is 0.862 bits per heavy atom. The Labute approximate surface area is 173 Å². The normalized spacial score (nSPS) is 12.7. The predicted molar refractivity (Wildman–Crippen MR) is 114 cm³/mol. The molecule has 0 atom stereocenters. The Balaban J connectivity index is 1.91. The summed E-state index contributed by atoms with van der Waals surface area (Å²) in [6, 6.07) is 13.0. The lowest BCUT2D eigenvalue weighted by Crippen LogP contribution is -2.29. The van der Waals surface area contributed by atoms with E-state index in [1.807, 2.05) is 0 Å². The van der Waals surface area contributed by atoms with Crippen LogP contribution in [0.1, 0.15) is 55.1 Å². The third kappa shape index (κ3) is 6.48. The zero-order valence-electron chi connectivity index (χ0n) is 16.9. The van der Waals surface area contributed by atoms with E-state index in [-0.39, 0.29) is 16.4 Å². The molecule has 8 heteroatoms. The first-order valence-electron chi connectivity index (χ1n) is 9.26. The minimum atomic E-state index is -3.70. The fraction of sp³-hybridized carbons (Fsp3) is 0.381. The second-order valence-corrected chi connectivity index (χ2v) is 12.3. The van der Waals surface area contributed by atoms with Crippen molar-refractivity contribution in [2.75, 3.05) is 0 Å². The van der Waals surface area contributed by atoms with Crippen LogP contribution in [0.5, 0.6) is 0 Å². The summed E-state index contributed by atoms with van der Waals surface area (Å²) >= 11 is 0. The second kappa shape index (κ2) is 8.77. The number of Topliss-reactive ketones (excluding diaryl/α,β-unsaturated/α-hetero) is 1. The Kier molecular flexibility index (Phi) is 7.03. The molecular formula is C21H27NO5S2. The Hall–Kier alpha value is -2.03. The van der Waals surface area contributed by atoms with E-state index in [4.69, 9.17) is 5.14 Å². The number of carbonyl (C=O) groups excluding carboxylic acids is 1. The lowest BCUT2D eigenvalue weighted by Gasteiger charge is -2.19. The number of rotatable bonds is 8. The lowest BCUT2D eigenvalue weighted by atomic mass is 10.0. The number of sulfonamides is 1. The van der Waals surface area contributed by atoms with Gasteiger partial charge in [0.15, 0.2) is 15.6 Å². The molecule has 0 amide bonds. The SMILES string of the molecule is CC(C)(C)S(=O)(=O)Cc1ccc(C(=O)CCCc2ccc(S(N)(=O)=O)cc2)cc1. The van der Waals surface area contributed by atoms with E-state index in [1.165, 1.54) is 12.1 Å². The van der Waals surface area contributed by atoms with Crippen LogP contribution in [0.15, 0.2) is 53.4 Å². The summed E-state index contributed by atoms with van der Waals surface area (Å²) in [5, 5.41) is 5.07. The van der Waals surface area contributed by atoms with Crippen LogP contribution < -0.4 is 5.14 Å². The standard InChI is InChI=1S/C21H27NO5S2/c1-21(2,3)28(24,25)15-17-7-11-18(12-8-17)20(23)6-4-5-16-9-13-19(14-10-16)29(22,26)27/h7-14H,4-6,15H2,1-3H3,(H2,22,26,27). The third-order valence-corrected chi connectivity index (χ3v) is 8.20. The Morgan fingerprint density at radius 3 is 1.86 bits per heavy atom. The van der Waals surface area contributed by atoms with Crippen molar-refractivity contribution < 1.29 is 21.6 Å². The van der Waals surface area contributed by atoms with Gasteiger partial charge >= 0.3 is 0 Å². The van der Waals surface area contributed by atoms with Gasteiger partial charge in [-0.1, -0.05) is 36.4 Å². The molecule has 0 heterocycles. The topological polar surface area (TPSA) is 111 Å². The highest BCUT2D eigenvalue weighted by atomic mass is 32.2. The molecule has 29 heavy (non-hydrogen) atoms. The summed E-state index contributed by atoms with van der Waals surface area (Å²) in [5.74, 6) is -0.0733. The van der Waals surface area contributed by atoms with Crippen LogP contribution in [0.3, 0.4) is 0 Å². The quantitative estimate of drug-likeness (QED) is 0.637. The van der Waals surface area contributed by atoms with Crippen molar-refractivity contribution in [1.82, 2.24) is 0 Å². The molecule has 6 nitrogen and oxygen atoms in total. The Morgan fingerprint density at radius 2 is 1.38 bits per heavy atom. The van der Waals surface area contributed by atoms with Gasteiger partial charge in [-0.25, -0.2) is 22.0 Å². The van der Waals surface area contributed by atoms with Crippen LogP contribution in [0.25, 0.3) is 0 Å². The zero-order valence-corrected chi connectivity index (χ0v) is 18.5. The number of nitrogens with two attached hydrogens (primary N) is 1. The highest BCUT2D eigenvalue weighted by molar-refractivity contribution is 7.92. The van der Waals surface area contributed by atoms with Crippen LogP contribution >= 0.6 is 0 Å². The highest BCUT2D eigenvalue weighted by Crippen LogP contribution is 2.21. The number of benzene rings is 2. The maximum atomic E-state index is 12.4. The van der Waals surface area contributed by atoms with Crippen molar-refractivity contribution in [2.45, 2.75) is 55.4 Å². The van der Waals surface area contributed by atoms with Gasteiger partial charge in [-0.15, -0.1) is 0 Å². The smallest absolute Gasteiger partial charge is 0.238 e. The van der Waals surface area contributed by atoms with Gasteiger partial charge in [0.1, 0.15) is 0 Å². The van der Waals surface area contributed by atoms with Crippen LogP contribution in [-0.4, -0.2) is 27.4 Å². The zero-order chi connectivity index (χ0) is 21.9. The van der Waals surface area contributed by atoms with Crippen molar-refractivity contribution >= 4 is 25.6 Å². The van der Waals surface area contributed by atoms with Gasteiger partial charge in [0.05, 0.1) is 15.4 Å². The summed E-state index contributed by atoms with van der Waals surface area (Å²) in [4.78, 5) is 12.4. The van der Waals surface area contributed by atoms with Crippen LogP contribution in [0, 0.1) is 0 Å². The first-order chi connectivity index (χ1) is 13.3. The number of hydrogen-bond donors (Lipinski definition) is 1. The summed E-state index contributed by atoms with van der Waals surface area (Å²) in [6.45, 7) is 5.01. The summed E-state index contributed by atoms with van der Waals surface area (Å²) in [6.07, 6.45) is 1.60. The van der Waals surface area contributed by atoms with Gasteiger partial charge in [0, 0.05) is 12.0 Å². The van der Waals surface area contributed by atoms with Crippen molar-refractivity contribution in [2.24, 2.45) is 5.14 Å². The van der Waals surface area contributed by atoms with E-state index in [2.05, 4.69) is 0 Å². The predicted octanol–water partition coefficient (Wildman–Crippen LogP) is 3.25. The maximum absolute atomic E-state index is 12.4. The molecule has 0 radical (unpaired) electrons.